The summed E-state index contributed by atoms with van der Waals surface area (Å²) in [5, 5.41) is 10.6. The fraction of sp³-hybridized carbons (Fsp3) is 0.529. The number of carbonyl (C=O) groups is 2. The SMILES string of the molecule is CC(C)CN(C(=O)COC(=O)c1ccc([N+](=O)[O-])cc1Cl)[C@@H]1CCS(=O)(=O)C1. The van der Waals surface area contributed by atoms with Crippen LogP contribution in [-0.4, -0.2) is 60.8 Å². The van der Waals surface area contributed by atoms with Gasteiger partial charge in [0.1, 0.15) is 0 Å². The number of amides is 1. The van der Waals surface area contributed by atoms with Gasteiger partial charge in [0, 0.05) is 24.7 Å². The van der Waals surface area contributed by atoms with Gasteiger partial charge in [0.15, 0.2) is 16.4 Å². The molecule has 0 saturated carbocycles. The molecule has 11 heteroatoms. The van der Waals surface area contributed by atoms with Gasteiger partial charge < -0.3 is 9.64 Å². The zero-order valence-electron chi connectivity index (χ0n) is 15.5. The van der Waals surface area contributed by atoms with Gasteiger partial charge in [-0.25, -0.2) is 13.2 Å². The smallest absolute Gasteiger partial charge is 0.340 e. The van der Waals surface area contributed by atoms with Gasteiger partial charge in [-0.15, -0.1) is 0 Å². The third-order valence-corrected chi connectivity index (χ3v) is 6.30. The Hall–Kier alpha value is -2.20. The molecule has 0 N–H and O–H groups in total. The molecule has 0 aliphatic carbocycles. The highest BCUT2D eigenvalue weighted by Crippen LogP contribution is 2.23. The highest BCUT2D eigenvalue weighted by molar-refractivity contribution is 7.91. The third-order valence-electron chi connectivity index (χ3n) is 4.24. The molecule has 1 aliphatic heterocycles. The van der Waals surface area contributed by atoms with Gasteiger partial charge in [-0.3, -0.25) is 14.9 Å². The summed E-state index contributed by atoms with van der Waals surface area (Å²) in [6, 6.07) is 2.84. The number of nitro groups is 1. The number of nitro benzene ring substituents is 1. The molecule has 0 spiro atoms. The van der Waals surface area contributed by atoms with Gasteiger partial charge in [0.2, 0.25) is 0 Å². The number of non-ortho nitro benzene ring substituents is 1. The number of esters is 1. The molecule has 1 saturated heterocycles. The van der Waals surface area contributed by atoms with Crippen LogP contribution < -0.4 is 0 Å². The zero-order chi connectivity index (χ0) is 21.1. The number of nitrogens with zero attached hydrogens (tertiary/aromatic N) is 2. The van der Waals surface area contributed by atoms with Gasteiger partial charge >= 0.3 is 5.97 Å². The molecule has 28 heavy (non-hydrogen) atoms. The standard InChI is InChI=1S/C17H21ClN2O7S/c1-11(2)8-19(13-5-6-28(25,26)10-13)16(21)9-27-17(22)14-4-3-12(20(23)24)7-15(14)18/h3-4,7,11,13H,5-6,8-10H2,1-2H3/t13-/m1/s1. The van der Waals surface area contributed by atoms with Crippen LogP contribution in [0.1, 0.15) is 30.6 Å². The van der Waals surface area contributed by atoms with E-state index in [4.69, 9.17) is 16.3 Å². The summed E-state index contributed by atoms with van der Waals surface area (Å²) in [5.41, 5.74) is -0.373. The van der Waals surface area contributed by atoms with Gasteiger partial charge in [-0.1, -0.05) is 25.4 Å². The molecule has 1 atom stereocenters. The second kappa shape index (κ2) is 8.87. The van der Waals surface area contributed by atoms with Crippen LogP contribution in [0, 0.1) is 16.0 Å². The molecule has 9 nitrogen and oxygen atoms in total. The van der Waals surface area contributed by atoms with Crippen molar-refractivity contribution in [1.82, 2.24) is 4.90 Å². The molecule has 1 fully saturated rings. The van der Waals surface area contributed by atoms with Crippen LogP contribution in [0.4, 0.5) is 5.69 Å². The first-order valence-electron chi connectivity index (χ1n) is 8.61. The predicted molar refractivity (Wildman–Crippen MR) is 102 cm³/mol. The van der Waals surface area contributed by atoms with Crippen LogP contribution in [0.3, 0.4) is 0 Å². The Morgan fingerprint density at radius 3 is 2.57 bits per heavy atom. The number of sulfone groups is 1. The summed E-state index contributed by atoms with van der Waals surface area (Å²) in [6.45, 7) is 3.56. The Morgan fingerprint density at radius 1 is 1.39 bits per heavy atom. The molecule has 2 rings (SSSR count). The number of rotatable bonds is 7. The number of halogens is 1. The zero-order valence-corrected chi connectivity index (χ0v) is 17.0. The van der Waals surface area contributed by atoms with Crippen molar-refractivity contribution in [3.05, 3.63) is 38.9 Å². The van der Waals surface area contributed by atoms with E-state index in [9.17, 15) is 28.1 Å². The normalized spacial score (nSPS) is 18.1. The summed E-state index contributed by atoms with van der Waals surface area (Å²) >= 11 is 5.88. The molecule has 0 aromatic heterocycles. The highest BCUT2D eigenvalue weighted by atomic mass is 35.5. The number of hydrogen-bond donors (Lipinski definition) is 0. The van der Waals surface area contributed by atoms with Gasteiger partial charge in [0.05, 0.1) is 27.0 Å². The predicted octanol–water partition coefficient (Wildman–Crippen LogP) is 2.08. The Balaban J connectivity index is 2.05. The first-order chi connectivity index (χ1) is 13.0. The lowest BCUT2D eigenvalue weighted by Gasteiger charge is -2.29. The maximum absolute atomic E-state index is 12.6. The number of ether oxygens (including phenoxy) is 1. The molecular formula is C17H21ClN2O7S. The average Bonchev–Trinajstić information content (AvgIpc) is 2.96. The summed E-state index contributed by atoms with van der Waals surface area (Å²) in [5.74, 6) is -1.36. The molecule has 0 unspecified atom stereocenters. The van der Waals surface area contributed by atoms with E-state index >= 15 is 0 Å². The second-order valence-corrected chi connectivity index (χ2v) is 9.63. The molecule has 1 heterocycles. The van der Waals surface area contributed by atoms with Crippen molar-refractivity contribution in [2.24, 2.45) is 5.92 Å². The summed E-state index contributed by atoms with van der Waals surface area (Å²) in [6.07, 6.45) is 0.350. The van der Waals surface area contributed by atoms with Gasteiger partial charge in [0.25, 0.3) is 11.6 Å². The minimum atomic E-state index is -3.17. The van der Waals surface area contributed by atoms with E-state index in [1.165, 1.54) is 4.90 Å². The van der Waals surface area contributed by atoms with Crippen LogP contribution in [0.5, 0.6) is 0 Å². The summed E-state index contributed by atoms with van der Waals surface area (Å²) < 4.78 is 28.5. The molecule has 1 aromatic rings. The maximum Gasteiger partial charge on any atom is 0.340 e. The Labute approximate surface area is 167 Å². The third kappa shape index (κ3) is 5.65. The van der Waals surface area contributed by atoms with Crippen LogP contribution >= 0.6 is 11.6 Å². The van der Waals surface area contributed by atoms with Crippen molar-refractivity contribution >= 4 is 39.0 Å². The topological polar surface area (TPSA) is 124 Å². The van der Waals surface area contributed by atoms with Crippen LogP contribution in [0.15, 0.2) is 18.2 Å². The van der Waals surface area contributed by atoms with E-state index < -0.39 is 39.3 Å². The van der Waals surface area contributed by atoms with Crippen molar-refractivity contribution < 1.29 is 27.7 Å². The lowest BCUT2D eigenvalue weighted by Crippen LogP contribution is -2.45. The Kier molecular flexibility index (Phi) is 7.00. The Morgan fingerprint density at radius 2 is 2.07 bits per heavy atom. The van der Waals surface area contributed by atoms with Crippen LogP contribution in [-0.2, 0) is 19.4 Å². The van der Waals surface area contributed by atoms with Crippen molar-refractivity contribution in [3.63, 3.8) is 0 Å². The lowest BCUT2D eigenvalue weighted by molar-refractivity contribution is -0.384. The van der Waals surface area contributed by atoms with Gasteiger partial charge in [-0.2, -0.15) is 0 Å². The molecule has 154 valence electrons. The summed E-state index contributed by atoms with van der Waals surface area (Å²) in [7, 11) is -3.17. The lowest BCUT2D eigenvalue weighted by atomic mass is 10.1. The van der Waals surface area contributed by atoms with Crippen LogP contribution in [0.25, 0.3) is 0 Å². The first-order valence-corrected chi connectivity index (χ1v) is 10.8. The van der Waals surface area contributed by atoms with E-state index in [0.29, 0.717) is 13.0 Å². The fourth-order valence-corrected chi connectivity index (χ4v) is 4.92. The molecule has 1 aromatic carbocycles. The number of hydrogen-bond acceptors (Lipinski definition) is 7. The van der Waals surface area contributed by atoms with Crippen molar-refractivity contribution in [1.29, 1.82) is 0 Å². The average molecular weight is 433 g/mol. The van der Waals surface area contributed by atoms with E-state index in [1.807, 2.05) is 13.8 Å². The molecule has 0 bridgehead atoms. The molecule has 1 amide bonds. The number of benzene rings is 1. The summed E-state index contributed by atoms with van der Waals surface area (Å²) in [4.78, 5) is 36.3. The van der Waals surface area contributed by atoms with Crippen LogP contribution in [0.2, 0.25) is 5.02 Å². The fourth-order valence-electron chi connectivity index (χ4n) is 2.94. The van der Waals surface area contributed by atoms with Crippen molar-refractivity contribution in [2.45, 2.75) is 26.3 Å². The minimum absolute atomic E-state index is 0.0255. The first kappa shape index (κ1) is 22.1. The highest BCUT2D eigenvalue weighted by Gasteiger charge is 2.35. The minimum Gasteiger partial charge on any atom is -0.452 e. The molecule has 0 radical (unpaired) electrons. The monoisotopic (exact) mass is 432 g/mol. The van der Waals surface area contributed by atoms with E-state index in [0.717, 1.165) is 18.2 Å². The maximum atomic E-state index is 12.6. The van der Waals surface area contributed by atoms with E-state index in [-0.39, 0.29) is 33.7 Å². The molecular weight excluding hydrogens is 412 g/mol. The van der Waals surface area contributed by atoms with E-state index in [2.05, 4.69) is 0 Å². The van der Waals surface area contributed by atoms with E-state index in [1.54, 1.807) is 0 Å². The quantitative estimate of drug-likeness (QED) is 0.367. The van der Waals surface area contributed by atoms with Crippen molar-refractivity contribution in [2.75, 3.05) is 24.7 Å². The van der Waals surface area contributed by atoms with Crippen molar-refractivity contribution in [3.8, 4) is 0 Å². The molecule has 1 aliphatic rings. The number of carbonyl (C=O) groups excluding carboxylic acids is 2. The van der Waals surface area contributed by atoms with Gasteiger partial charge in [-0.05, 0) is 18.4 Å². The largest absolute Gasteiger partial charge is 0.452 e. The Bertz CT molecular complexity index is 885. The second-order valence-electron chi connectivity index (χ2n) is 6.99.